The lowest BCUT2D eigenvalue weighted by Crippen LogP contribution is -2.23. The van der Waals surface area contributed by atoms with E-state index in [-0.39, 0.29) is 0 Å². The Bertz CT molecular complexity index is 878. The van der Waals surface area contributed by atoms with Crippen LogP contribution in [0.3, 0.4) is 0 Å². The lowest BCUT2D eigenvalue weighted by molar-refractivity contribution is 0.100. The summed E-state index contributed by atoms with van der Waals surface area (Å²) in [4.78, 5) is 19.0. The van der Waals surface area contributed by atoms with Crippen LogP contribution in [0.1, 0.15) is 48.1 Å². The average Bonchev–Trinajstić information content (AvgIpc) is 3.21. The highest BCUT2D eigenvalue weighted by molar-refractivity contribution is 6.05. The minimum atomic E-state index is -0.429. The normalized spacial score (nSPS) is 19.1. The van der Waals surface area contributed by atoms with Crippen LogP contribution in [0.15, 0.2) is 24.4 Å². The zero-order valence-electron chi connectivity index (χ0n) is 13.2. The van der Waals surface area contributed by atoms with E-state index < -0.39 is 5.91 Å². The van der Waals surface area contributed by atoms with Gasteiger partial charge in [0, 0.05) is 17.8 Å². The molecule has 1 aliphatic heterocycles. The summed E-state index contributed by atoms with van der Waals surface area (Å²) < 4.78 is 1.90. The third kappa shape index (κ3) is 2.13. The molecule has 23 heavy (non-hydrogen) atoms. The van der Waals surface area contributed by atoms with Crippen molar-refractivity contribution in [3.05, 3.63) is 35.5 Å². The van der Waals surface area contributed by atoms with Gasteiger partial charge in [0.1, 0.15) is 5.52 Å². The second-order valence-corrected chi connectivity index (χ2v) is 6.23. The van der Waals surface area contributed by atoms with E-state index in [1.54, 1.807) is 6.07 Å². The molecule has 1 aliphatic rings. The number of primary amides is 1. The molecule has 0 saturated carbocycles. The maximum Gasteiger partial charge on any atom is 0.250 e. The van der Waals surface area contributed by atoms with Crippen LogP contribution in [0.2, 0.25) is 0 Å². The Kier molecular flexibility index (Phi) is 3.34. The van der Waals surface area contributed by atoms with Gasteiger partial charge >= 0.3 is 0 Å². The molecule has 3 aromatic rings. The predicted octanol–water partition coefficient (Wildman–Crippen LogP) is 2.46. The number of amides is 1. The quantitative estimate of drug-likeness (QED) is 0.777. The molecule has 3 N–H and O–H groups in total. The lowest BCUT2D eigenvalue weighted by Gasteiger charge is -2.22. The molecule has 120 valence electrons. The maximum atomic E-state index is 11.7. The Morgan fingerprint density at radius 3 is 3.13 bits per heavy atom. The van der Waals surface area contributed by atoms with Crippen molar-refractivity contribution in [3.63, 3.8) is 0 Å². The molecule has 6 heteroatoms. The van der Waals surface area contributed by atoms with Gasteiger partial charge in [-0.25, -0.2) is 9.50 Å². The highest BCUT2D eigenvalue weighted by Crippen LogP contribution is 2.35. The van der Waals surface area contributed by atoms with E-state index >= 15 is 0 Å². The van der Waals surface area contributed by atoms with Gasteiger partial charge in [-0.2, -0.15) is 0 Å². The van der Waals surface area contributed by atoms with Gasteiger partial charge in [0.15, 0.2) is 5.65 Å². The highest BCUT2D eigenvalue weighted by atomic mass is 16.1. The van der Waals surface area contributed by atoms with E-state index in [4.69, 9.17) is 10.7 Å². The molecule has 3 heterocycles. The van der Waals surface area contributed by atoms with E-state index in [0.717, 1.165) is 42.6 Å². The fourth-order valence-corrected chi connectivity index (χ4v) is 3.82. The number of nitrogens with zero attached hydrogens (tertiary/aromatic N) is 3. The van der Waals surface area contributed by atoms with E-state index in [0.29, 0.717) is 11.6 Å². The summed E-state index contributed by atoms with van der Waals surface area (Å²) in [6, 6.07) is 5.90. The highest BCUT2D eigenvalue weighted by Gasteiger charge is 2.29. The van der Waals surface area contributed by atoms with Crippen LogP contribution in [0, 0.1) is 0 Å². The monoisotopic (exact) mass is 311 g/mol. The molecule has 1 aromatic carbocycles. The standard InChI is InChI=1S/C17H21N5O/c1-2-8-21-9-4-7-14(21)12-10-19-22-15-11(16(18)23)5-3-6-13(15)20-17(12)22/h3,5-6,10,14,19H,2,4,7-9H2,1H3,(H2,18,23). The lowest BCUT2D eigenvalue weighted by atomic mass is 10.1. The van der Waals surface area contributed by atoms with E-state index in [9.17, 15) is 4.79 Å². The number of imidazole rings is 1. The second-order valence-electron chi connectivity index (χ2n) is 6.23. The van der Waals surface area contributed by atoms with Crippen LogP contribution in [0.4, 0.5) is 0 Å². The number of carbonyl (C=O) groups excluding carboxylic acids is 1. The summed E-state index contributed by atoms with van der Waals surface area (Å²) >= 11 is 0. The smallest absolute Gasteiger partial charge is 0.250 e. The van der Waals surface area contributed by atoms with Gasteiger partial charge in [-0.1, -0.05) is 13.0 Å². The van der Waals surface area contributed by atoms with Gasteiger partial charge in [0.2, 0.25) is 0 Å². The van der Waals surface area contributed by atoms with Crippen molar-refractivity contribution in [2.45, 2.75) is 32.2 Å². The molecule has 2 aromatic heterocycles. The van der Waals surface area contributed by atoms with Gasteiger partial charge in [-0.3, -0.25) is 14.8 Å². The van der Waals surface area contributed by atoms with Crippen molar-refractivity contribution < 1.29 is 4.79 Å². The number of benzene rings is 1. The Hall–Kier alpha value is -2.34. The number of hydrogen-bond donors (Lipinski definition) is 2. The van der Waals surface area contributed by atoms with Gasteiger partial charge in [-0.05, 0) is 44.5 Å². The number of nitrogens with two attached hydrogens (primary N) is 1. The third-order valence-electron chi connectivity index (χ3n) is 4.78. The average molecular weight is 311 g/mol. The fourth-order valence-electron chi connectivity index (χ4n) is 3.82. The van der Waals surface area contributed by atoms with Crippen LogP contribution < -0.4 is 5.73 Å². The SMILES string of the molecule is CCCN1CCCC1c1c[nH]n2c1nc1cccc(C(N)=O)c12. The van der Waals surface area contributed by atoms with Crippen molar-refractivity contribution in [1.82, 2.24) is 19.5 Å². The summed E-state index contributed by atoms with van der Waals surface area (Å²) in [6.45, 7) is 4.46. The summed E-state index contributed by atoms with van der Waals surface area (Å²) in [7, 11) is 0. The Labute approximate surface area is 134 Å². The topological polar surface area (TPSA) is 79.4 Å². The number of para-hydroxylation sites is 1. The number of likely N-dealkylation sites (tertiary alicyclic amines) is 1. The van der Waals surface area contributed by atoms with Gasteiger partial charge in [0.05, 0.1) is 11.1 Å². The first kappa shape index (κ1) is 14.3. The molecule has 1 fully saturated rings. The first-order valence-electron chi connectivity index (χ1n) is 8.23. The van der Waals surface area contributed by atoms with Crippen molar-refractivity contribution >= 4 is 22.6 Å². The second kappa shape index (κ2) is 5.38. The molecular weight excluding hydrogens is 290 g/mol. The molecule has 4 rings (SSSR count). The van der Waals surface area contributed by atoms with Crippen LogP contribution in [0.5, 0.6) is 0 Å². The third-order valence-corrected chi connectivity index (χ3v) is 4.78. The van der Waals surface area contributed by atoms with Crippen LogP contribution in [0.25, 0.3) is 16.7 Å². The Morgan fingerprint density at radius 2 is 2.35 bits per heavy atom. The summed E-state index contributed by atoms with van der Waals surface area (Å²) in [6.07, 6.45) is 5.55. The van der Waals surface area contributed by atoms with Crippen molar-refractivity contribution in [3.8, 4) is 0 Å². The number of nitrogens with one attached hydrogen (secondary N) is 1. The zero-order chi connectivity index (χ0) is 16.0. The Balaban J connectivity index is 1.89. The molecule has 0 bridgehead atoms. The molecule has 1 atom stereocenters. The number of rotatable bonds is 4. The molecule has 1 amide bonds. The minimum absolute atomic E-state index is 0.401. The molecular formula is C17H21N5O. The molecule has 0 spiro atoms. The molecule has 1 saturated heterocycles. The first-order valence-corrected chi connectivity index (χ1v) is 8.23. The first-order chi connectivity index (χ1) is 11.2. The Morgan fingerprint density at radius 1 is 1.48 bits per heavy atom. The number of hydrogen-bond acceptors (Lipinski definition) is 3. The van der Waals surface area contributed by atoms with E-state index in [2.05, 4.69) is 16.9 Å². The molecule has 6 nitrogen and oxygen atoms in total. The maximum absolute atomic E-state index is 11.7. The van der Waals surface area contributed by atoms with E-state index in [1.165, 1.54) is 12.0 Å². The molecule has 0 aliphatic carbocycles. The van der Waals surface area contributed by atoms with Crippen molar-refractivity contribution in [2.24, 2.45) is 5.73 Å². The zero-order valence-corrected chi connectivity index (χ0v) is 13.2. The van der Waals surface area contributed by atoms with Crippen LogP contribution in [-0.2, 0) is 0 Å². The number of carbonyl (C=O) groups is 1. The number of aromatic amines is 1. The molecule has 0 radical (unpaired) electrons. The van der Waals surface area contributed by atoms with Crippen LogP contribution >= 0.6 is 0 Å². The van der Waals surface area contributed by atoms with E-state index in [1.807, 2.05) is 22.8 Å². The van der Waals surface area contributed by atoms with Gasteiger partial charge in [0.25, 0.3) is 5.91 Å². The number of aromatic nitrogens is 3. The van der Waals surface area contributed by atoms with Crippen molar-refractivity contribution in [2.75, 3.05) is 13.1 Å². The minimum Gasteiger partial charge on any atom is -0.366 e. The summed E-state index contributed by atoms with van der Waals surface area (Å²) in [5, 5.41) is 3.27. The van der Waals surface area contributed by atoms with Gasteiger partial charge in [-0.15, -0.1) is 0 Å². The predicted molar refractivity (Wildman–Crippen MR) is 89.4 cm³/mol. The molecule has 1 unspecified atom stereocenters. The largest absolute Gasteiger partial charge is 0.366 e. The summed E-state index contributed by atoms with van der Waals surface area (Å²) in [5.74, 6) is -0.429. The number of fused-ring (bicyclic) bond motifs is 3. The van der Waals surface area contributed by atoms with Crippen molar-refractivity contribution in [1.29, 1.82) is 0 Å². The summed E-state index contributed by atoms with van der Waals surface area (Å²) in [5.41, 5.74) is 9.70. The number of H-pyrrole nitrogens is 1. The fraction of sp³-hybridized carbons (Fsp3) is 0.412. The van der Waals surface area contributed by atoms with Gasteiger partial charge < -0.3 is 5.73 Å². The van der Waals surface area contributed by atoms with Crippen LogP contribution in [-0.4, -0.2) is 38.5 Å².